The molecule has 0 unspecified atom stereocenters. The predicted molar refractivity (Wildman–Crippen MR) is 59.7 cm³/mol. The number of hydrogen-bond donors (Lipinski definition) is 2. The van der Waals surface area contributed by atoms with Crippen LogP contribution in [-0.4, -0.2) is 17.4 Å². The summed E-state index contributed by atoms with van der Waals surface area (Å²) in [6, 6.07) is 3.34. The van der Waals surface area contributed by atoms with Gasteiger partial charge in [0.05, 0.1) is 17.4 Å². The van der Waals surface area contributed by atoms with Gasteiger partial charge in [-0.2, -0.15) is 4.39 Å². The first-order chi connectivity index (χ1) is 8.00. The Balaban J connectivity index is 2.53. The number of halogens is 1. The van der Waals surface area contributed by atoms with Crippen molar-refractivity contribution >= 4 is 11.5 Å². The lowest BCUT2D eigenvalue weighted by molar-refractivity contribution is -0.387. The van der Waals surface area contributed by atoms with Crippen molar-refractivity contribution in [3.05, 3.63) is 34.1 Å². The lowest BCUT2D eigenvalue weighted by Gasteiger charge is -2.05. The van der Waals surface area contributed by atoms with Crippen LogP contribution in [0.2, 0.25) is 0 Å². The van der Waals surface area contributed by atoms with E-state index < -0.39 is 16.4 Å². The summed E-state index contributed by atoms with van der Waals surface area (Å²) < 4.78 is 18.3. The average Bonchev–Trinajstić information content (AvgIpc) is 2.23. The summed E-state index contributed by atoms with van der Waals surface area (Å²) in [7, 11) is 0. The van der Waals surface area contributed by atoms with Gasteiger partial charge < -0.3 is 10.5 Å². The van der Waals surface area contributed by atoms with E-state index in [0.29, 0.717) is 12.8 Å². The predicted octanol–water partition coefficient (Wildman–Crippen LogP) is 1.83. The van der Waals surface area contributed by atoms with E-state index in [4.69, 9.17) is 15.9 Å². The minimum absolute atomic E-state index is 0.0588. The highest BCUT2D eigenvalue weighted by molar-refractivity contribution is 5.76. The summed E-state index contributed by atoms with van der Waals surface area (Å²) in [5.74, 6) is -0.654. The number of nitro benzene ring substituents is 1. The summed E-state index contributed by atoms with van der Waals surface area (Å²) >= 11 is 0. The van der Waals surface area contributed by atoms with Crippen LogP contribution >= 0.6 is 0 Å². The molecule has 0 heterocycles. The highest BCUT2D eigenvalue weighted by Crippen LogP contribution is 2.22. The van der Waals surface area contributed by atoms with Crippen LogP contribution in [0, 0.1) is 21.3 Å². The molecular formula is C10H12FN3O3. The Morgan fingerprint density at radius 2 is 2.29 bits per heavy atom. The number of benzene rings is 1. The maximum atomic E-state index is 13.2. The Hall–Kier alpha value is -2.18. The molecule has 1 aromatic rings. The van der Waals surface area contributed by atoms with Gasteiger partial charge in [0.25, 0.3) is 0 Å². The molecule has 17 heavy (non-hydrogen) atoms. The molecule has 7 heteroatoms. The van der Waals surface area contributed by atoms with Gasteiger partial charge in [-0.1, -0.05) is 0 Å². The normalized spacial score (nSPS) is 9.94. The molecule has 3 N–H and O–H groups in total. The van der Waals surface area contributed by atoms with E-state index in [1.54, 1.807) is 0 Å². The highest BCUT2D eigenvalue weighted by Gasteiger charge is 2.13. The topological polar surface area (TPSA) is 102 Å². The number of hydrogen-bond acceptors (Lipinski definition) is 4. The number of nitrogens with zero attached hydrogens (tertiary/aromatic N) is 1. The van der Waals surface area contributed by atoms with E-state index in [1.165, 1.54) is 6.07 Å². The third-order valence-corrected chi connectivity index (χ3v) is 1.98. The van der Waals surface area contributed by atoms with Crippen LogP contribution in [0.15, 0.2) is 18.2 Å². The summed E-state index contributed by atoms with van der Waals surface area (Å²) in [5, 5.41) is 17.3. The molecule has 0 aliphatic rings. The Kier molecular flexibility index (Phi) is 4.38. The number of ether oxygens (including phenoxy) is 1. The molecule has 0 radical (unpaired) electrons. The van der Waals surface area contributed by atoms with Crippen molar-refractivity contribution in [3.63, 3.8) is 0 Å². The van der Waals surface area contributed by atoms with E-state index in [0.717, 1.165) is 12.1 Å². The molecule has 6 nitrogen and oxygen atoms in total. The van der Waals surface area contributed by atoms with Gasteiger partial charge in [0.1, 0.15) is 5.75 Å². The summed E-state index contributed by atoms with van der Waals surface area (Å²) in [6.07, 6.45) is 0.934. The Labute approximate surface area is 96.8 Å². The van der Waals surface area contributed by atoms with Gasteiger partial charge >= 0.3 is 5.69 Å². The van der Waals surface area contributed by atoms with Crippen molar-refractivity contribution in [2.45, 2.75) is 12.8 Å². The maximum Gasteiger partial charge on any atom is 0.305 e. The molecule has 0 fully saturated rings. The summed E-state index contributed by atoms with van der Waals surface area (Å²) in [6.45, 7) is 0.275. The van der Waals surface area contributed by atoms with E-state index >= 15 is 0 Å². The molecule has 92 valence electrons. The van der Waals surface area contributed by atoms with Crippen molar-refractivity contribution < 1.29 is 14.1 Å². The average molecular weight is 241 g/mol. The zero-order valence-electron chi connectivity index (χ0n) is 8.98. The molecule has 0 bridgehead atoms. The number of nitro groups is 1. The first-order valence-electron chi connectivity index (χ1n) is 4.90. The number of nitrogens with two attached hydrogens (primary N) is 1. The van der Waals surface area contributed by atoms with Crippen LogP contribution in [0.25, 0.3) is 0 Å². The van der Waals surface area contributed by atoms with Crippen LogP contribution in [-0.2, 0) is 0 Å². The van der Waals surface area contributed by atoms with Crippen molar-refractivity contribution in [2.24, 2.45) is 5.73 Å². The van der Waals surface area contributed by atoms with Crippen LogP contribution < -0.4 is 10.5 Å². The standard InChI is InChI=1S/C10H12FN3O3/c11-8-6-7(3-4-9(8)14(15)16)17-5-1-2-10(12)13/h3-4,6H,1-2,5H2,(H3,12,13). The van der Waals surface area contributed by atoms with Gasteiger partial charge in [0.15, 0.2) is 0 Å². The minimum atomic E-state index is -0.931. The van der Waals surface area contributed by atoms with E-state index in [-0.39, 0.29) is 18.2 Å². The third kappa shape index (κ3) is 4.06. The Morgan fingerprint density at radius 1 is 1.59 bits per heavy atom. The lowest BCUT2D eigenvalue weighted by Crippen LogP contribution is -2.11. The fraction of sp³-hybridized carbons (Fsp3) is 0.300. The largest absolute Gasteiger partial charge is 0.493 e. The molecule has 1 aromatic carbocycles. The zero-order chi connectivity index (χ0) is 12.8. The second-order valence-corrected chi connectivity index (χ2v) is 3.35. The number of nitrogens with one attached hydrogen (secondary N) is 1. The van der Waals surface area contributed by atoms with Crippen LogP contribution in [0.1, 0.15) is 12.8 Å². The van der Waals surface area contributed by atoms with Crippen molar-refractivity contribution in [2.75, 3.05) is 6.61 Å². The van der Waals surface area contributed by atoms with Gasteiger partial charge in [0.2, 0.25) is 5.82 Å². The van der Waals surface area contributed by atoms with E-state index in [1.807, 2.05) is 0 Å². The second kappa shape index (κ2) is 5.78. The molecular weight excluding hydrogens is 229 g/mol. The van der Waals surface area contributed by atoms with Gasteiger partial charge in [-0.25, -0.2) is 0 Å². The van der Waals surface area contributed by atoms with Crippen LogP contribution in [0.5, 0.6) is 5.75 Å². The molecule has 0 aromatic heterocycles. The van der Waals surface area contributed by atoms with Crippen LogP contribution in [0.4, 0.5) is 10.1 Å². The second-order valence-electron chi connectivity index (χ2n) is 3.35. The molecule has 0 aliphatic carbocycles. The van der Waals surface area contributed by atoms with Gasteiger partial charge in [-0.3, -0.25) is 15.5 Å². The summed E-state index contributed by atoms with van der Waals surface area (Å²) in [5.41, 5.74) is 4.56. The monoisotopic (exact) mass is 241 g/mol. The van der Waals surface area contributed by atoms with Crippen molar-refractivity contribution in [3.8, 4) is 5.75 Å². The van der Waals surface area contributed by atoms with Crippen molar-refractivity contribution in [1.29, 1.82) is 5.41 Å². The first kappa shape index (κ1) is 12.9. The SMILES string of the molecule is N=C(N)CCCOc1ccc([N+](=O)[O-])c(F)c1. The molecule has 1 rings (SSSR count). The molecule has 0 spiro atoms. The lowest BCUT2D eigenvalue weighted by atomic mass is 10.3. The van der Waals surface area contributed by atoms with Gasteiger partial charge in [0, 0.05) is 18.6 Å². The fourth-order valence-electron chi connectivity index (χ4n) is 1.18. The van der Waals surface area contributed by atoms with E-state index in [9.17, 15) is 14.5 Å². The number of rotatable bonds is 6. The quantitative estimate of drug-likeness (QED) is 0.261. The fourth-order valence-corrected chi connectivity index (χ4v) is 1.18. The smallest absolute Gasteiger partial charge is 0.305 e. The Morgan fingerprint density at radius 3 is 2.82 bits per heavy atom. The summed E-state index contributed by atoms with van der Waals surface area (Å²) in [4.78, 5) is 9.56. The molecule has 0 saturated heterocycles. The third-order valence-electron chi connectivity index (χ3n) is 1.98. The Bertz CT molecular complexity index is 437. The minimum Gasteiger partial charge on any atom is -0.493 e. The van der Waals surface area contributed by atoms with Crippen LogP contribution in [0.3, 0.4) is 0 Å². The molecule has 0 atom stereocenters. The molecule has 0 aliphatic heterocycles. The van der Waals surface area contributed by atoms with E-state index in [2.05, 4.69) is 0 Å². The zero-order valence-corrected chi connectivity index (χ0v) is 8.98. The number of amidine groups is 1. The van der Waals surface area contributed by atoms with Crippen molar-refractivity contribution in [1.82, 2.24) is 0 Å². The molecule has 0 saturated carbocycles. The van der Waals surface area contributed by atoms with Gasteiger partial charge in [-0.15, -0.1) is 0 Å². The van der Waals surface area contributed by atoms with Gasteiger partial charge in [-0.05, 0) is 12.5 Å². The molecule has 0 amide bonds. The maximum absolute atomic E-state index is 13.2. The first-order valence-corrected chi connectivity index (χ1v) is 4.90. The highest BCUT2D eigenvalue weighted by atomic mass is 19.1.